The van der Waals surface area contributed by atoms with Gasteiger partial charge in [-0.2, -0.15) is 0 Å². The van der Waals surface area contributed by atoms with Crippen LogP contribution in [0.3, 0.4) is 0 Å². The summed E-state index contributed by atoms with van der Waals surface area (Å²) in [5, 5.41) is 3.10. The van der Waals surface area contributed by atoms with Gasteiger partial charge >= 0.3 is 0 Å². The van der Waals surface area contributed by atoms with Crippen LogP contribution in [0.4, 0.5) is 10.1 Å². The molecule has 0 aliphatic rings. The third-order valence-corrected chi connectivity index (χ3v) is 3.27. The lowest BCUT2D eigenvalue weighted by molar-refractivity contribution is 0.629. The quantitative estimate of drug-likeness (QED) is 0.902. The van der Waals surface area contributed by atoms with Crippen LogP contribution in [0.25, 0.3) is 0 Å². The molecule has 17 heavy (non-hydrogen) atoms. The highest BCUT2D eigenvalue weighted by Crippen LogP contribution is 2.25. The number of para-hydroxylation sites is 1. The van der Waals surface area contributed by atoms with Crippen molar-refractivity contribution in [3.63, 3.8) is 0 Å². The normalized spacial score (nSPS) is 10.5. The molecule has 0 fully saturated rings. The zero-order valence-electron chi connectivity index (χ0n) is 9.58. The van der Waals surface area contributed by atoms with Gasteiger partial charge in [-0.15, -0.1) is 0 Å². The second-order valence-corrected chi connectivity index (χ2v) is 4.65. The Balaban J connectivity index is 2.07. The van der Waals surface area contributed by atoms with E-state index >= 15 is 0 Å². The van der Waals surface area contributed by atoms with Crippen LogP contribution in [0.15, 0.2) is 41.1 Å². The first-order valence-corrected chi connectivity index (χ1v) is 6.32. The Morgan fingerprint density at radius 3 is 2.82 bits per heavy atom. The summed E-state index contributed by atoms with van der Waals surface area (Å²) in [6, 6.07) is 6.98. The molecule has 0 unspecified atom stereocenters. The first-order valence-electron chi connectivity index (χ1n) is 5.53. The van der Waals surface area contributed by atoms with Crippen LogP contribution in [0.1, 0.15) is 12.5 Å². The zero-order chi connectivity index (χ0) is 12.3. The predicted octanol–water partition coefficient (Wildman–Crippen LogP) is 4.02. The van der Waals surface area contributed by atoms with Crippen molar-refractivity contribution in [3.05, 3.63) is 52.5 Å². The molecule has 2 nitrogen and oxygen atoms in total. The monoisotopic (exact) mass is 296 g/mol. The van der Waals surface area contributed by atoms with Crippen molar-refractivity contribution in [2.24, 2.45) is 0 Å². The molecule has 0 aliphatic heterocycles. The summed E-state index contributed by atoms with van der Waals surface area (Å²) in [7, 11) is 0. The molecular weight excluding hydrogens is 283 g/mol. The molecule has 0 spiro atoms. The Morgan fingerprint density at radius 2 is 2.18 bits per heavy atom. The Bertz CT molecular complexity index is 488. The second kappa shape index (κ2) is 5.36. The van der Waals surface area contributed by atoms with Crippen LogP contribution in [0.2, 0.25) is 0 Å². The van der Waals surface area contributed by atoms with Crippen LogP contribution < -0.4 is 5.32 Å². The second-order valence-electron chi connectivity index (χ2n) is 3.80. The van der Waals surface area contributed by atoms with E-state index in [-0.39, 0.29) is 5.82 Å². The van der Waals surface area contributed by atoms with E-state index in [2.05, 4.69) is 38.9 Å². The van der Waals surface area contributed by atoms with Crippen LogP contribution in [-0.2, 0) is 13.1 Å². The molecular formula is C13H14BrFN2. The van der Waals surface area contributed by atoms with Gasteiger partial charge in [0, 0.05) is 30.0 Å². The summed E-state index contributed by atoms with van der Waals surface area (Å²) in [5.41, 5.74) is 1.65. The number of halogens is 2. The standard InChI is InChI=1S/C13H14BrFN2/c1-2-17-7-6-10(9-17)8-16-13-11(14)4-3-5-12(13)15/h3-7,9,16H,2,8H2,1H3. The average Bonchev–Trinajstić information content (AvgIpc) is 2.76. The molecule has 1 aromatic heterocycles. The van der Waals surface area contributed by atoms with E-state index in [1.165, 1.54) is 6.07 Å². The van der Waals surface area contributed by atoms with Crippen molar-refractivity contribution in [1.82, 2.24) is 4.57 Å². The first kappa shape index (κ1) is 12.2. The number of nitrogens with zero attached hydrogens (tertiary/aromatic N) is 1. The van der Waals surface area contributed by atoms with Gasteiger partial charge in [-0.1, -0.05) is 6.07 Å². The Labute approximate surface area is 109 Å². The first-order chi connectivity index (χ1) is 8.20. The molecule has 2 rings (SSSR count). The van der Waals surface area contributed by atoms with Crippen molar-refractivity contribution in [2.75, 3.05) is 5.32 Å². The molecule has 2 aromatic rings. The Kier molecular flexibility index (Phi) is 3.84. The zero-order valence-corrected chi connectivity index (χ0v) is 11.2. The van der Waals surface area contributed by atoms with Crippen LogP contribution in [0.5, 0.6) is 0 Å². The molecule has 0 radical (unpaired) electrons. The summed E-state index contributed by atoms with van der Waals surface area (Å²) < 4.78 is 16.4. The van der Waals surface area contributed by atoms with Gasteiger partial charge in [0.05, 0.1) is 5.69 Å². The minimum atomic E-state index is -0.241. The number of rotatable bonds is 4. The van der Waals surface area contributed by atoms with Gasteiger partial charge in [-0.3, -0.25) is 0 Å². The number of aryl methyl sites for hydroxylation is 1. The summed E-state index contributed by atoms with van der Waals surface area (Å²) in [4.78, 5) is 0. The molecule has 4 heteroatoms. The fourth-order valence-corrected chi connectivity index (χ4v) is 2.13. The third-order valence-electron chi connectivity index (χ3n) is 2.61. The van der Waals surface area contributed by atoms with Gasteiger partial charge in [0.15, 0.2) is 0 Å². The van der Waals surface area contributed by atoms with Crippen molar-refractivity contribution in [1.29, 1.82) is 0 Å². The van der Waals surface area contributed by atoms with E-state index in [1.807, 2.05) is 18.3 Å². The van der Waals surface area contributed by atoms with Crippen molar-refractivity contribution >= 4 is 21.6 Å². The number of aromatic nitrogens is 1. The fourth-order valence-electron chi connectivity index (χ4n) is 1.65. The summed E-state index contributed by atoms with van der Waals surface area (Å²) >= 11 is 3.33. The maximum atomic E-state index is 13.5. The van der Waals surface area contributed by atoms with E-state index in [0.29, 0.717) is 12.2 Å². The van der Waals surface area contributed by atoms with Crippen molar-refractivity contribution in [3.8, 4) is 0 Å². The highest BCUT2D eigenvalue weighted by Gasteiger charge is 2.05. The number of benzene rings is 1. The molecule has 90 valence electrons. The van der Waals surface area contributed by atoms with E-state index in [0.717, 1.165) is 16.6 Å². The maximum absolute atomic E-state index is 13.5. The molecule has 0 aliphatic carbocycles. The molecule has 1 N–H and O–H groups in total. The van der Waals surface area contributed by atoms with Gasteiger partial charge in [-0.05, 0) is 46.6 Å². The average molecular weight is 297 g/mol. The molecule has 0 amide bonds. The van der Waals surface area contributed by atoms with Crippen LogP contribution >= 0.6 is 15.9 Å². The molecule has 0 bridgehead atoms. The topological polar surface area (TPSA) is 17.0 Å². The maximum Gasteiger partial charge on any atom is 0.147 e. The molecule has 1 heterocycles. The molecule has 0 saturated carbocycles. The van der Waals surface area contributed by atoms with Crippen LogP contribution in [0, 0.1) is 5.82 Å². The lowest BCUT2D eigenvalue weighted by Gasteiger charge is -2.08. The summed E-state index contributed by atoms with van der Waals surface area (Å²) in [5.74, 6) is -0.241. The summed E-state index contributed by atoms with van der Waals surface area (Å²) in [6.07, 6.45) is 4.08. The highest BCUT2D eigenvalue weighted by atomic mass is 79.9. The van der Waals surface area contributed by atoms with Crippen molar-refractivity contribution < 1.29 is 4.39 Å². The lowest BCUT2D eigenvalue weighted by Crippen LogP contribution is -2.01. The van der Waals surface area contributed by atoms with Gasteiger partial charge in [0.2, 0.25) is 0 Å². The van der Waals surface area contributed by atoms with E-state index in [4.69, 9.17) is 0 Å². The highest BCUT2D eigenvalue weighted by molar-refractivity contribution is 9.10. The molecule has 1 aromatic carbocycles. The molecule has 0 saturated heterocycles. The number of hydrogen-bond acceptors (Lipinski definition) is 1. The van der Waals surface area contributed by atoms with Crippen molar-refractivity contribution in [2.45, 2.75) is 20.0 Å². The Hall–Kier alpha value is -1.29. The van der Waals surface area contributed by atoms with Gasteiger partial charge < -0.3 is 9.88 Å². The SMILES string of the molecule is CCn1ccc(CNc2c(F)cccc2Br)c1. The van der Waals surface area contributed by atoms with Gasteiger partial charge in [0.25, 0.3) is 0 Å². The van der Waals surface area contributed by atoms with Gasteiger partial charge in [0.1, 0.15) is 5.82 Å². The minimum Gasteiger partial charge on any atom is -0.378 e. The molecule has 0 atom stereocenters. The number of hydrogen-bond donors (Lipinski definition) is 1. The van der Waals surface area contributed by atoms with E-state index in [1.54, 1.807) is 6.07 Å². The van der Waals surface area contributed by atoms with E-state index in [9.17, 15) is 4.39 Å². The largest absolute Gasteiger partial charge is 0.378 e. The van der Waals surface area contributed by atoms with E-state index < -0.39 is 0 Å². The smallest absolute Gasteiger partial charge is 0.147 e. The number of anilines is 1. The third kappa shape index (κ3) is 2.88. The predicted molar refractivity (Wildman–Crippen MR) is 71.5 cm³/mol. The summed E-state index contributed by atoms with van der Waals surface area (Å²) in [6.45, 7) is 3.65. The Morgan fingerprint density at radius 1 is 1.35 bits per heavy atom. The number of nitrogens with one attached hydrogen (secondary N) is 1. The van der Waals surface area contributed by atoms with Crippen LogP contribution in [-0.4, -0.2) is 4.57 Å². The minimum absolute atomic E-state index is 0.241. The fraction of sp³-hybridized carbons (Fsp3) is 0.231. The van der Waals surface area contributed by atoms with Gasteiger partial charge in [-0.25, -0.2) is 4.39 Å². The lowest BCUT2D eigenvalue weighted by atomic mass is 10.3.